The summed E-state index contributed by atoms with van der Waals surface area (Å²) in [4.78, 5) is 15.4. The Labute approximate surface area is 130 Å². The number of aromatic nitrogens is 3. The molecule has 0 spiro atoms. The van der Waals surface area contributed by atoms with Crippen LogP contribution in [-0.4, -0.2) is 33.0 Å². The molecule has 0 saturated heterocycles. The number of halogens is 1. The molecule has 0 aliphatic heterocycles. The molecular formula is C14H16BrN3O3. The Balaban J connectivity index is 1.83. The summed E-state index contributed by atoms with van der Waals surface area (Å²) in [7, 11) is 1.57. The van der Waals surface area contributed by atoms with Crippen molar-refractivity contribution in [1.82, 2.24) is 14.8 Å². The van der Waals surface area contributed by atoms with Gasteiger partial charge in [-0.05, 0) is 47.7 Å². The Kier molecular flexibility index (Phi) is 3.84. The summed E-state index contributed by atoms with van der Waals surface area (Å²) in [5.74, 6) is -0.379. The molecule has 1 saturated carbocycles. The van der Waals surface area contributed by atoms with E-state index in [1.54, 1.807) is 7.11 Å². The highest BCUT2D eigenvalue weighted by Gasteiger charge is 2.27. The summed E-state index contributed by atoms with van der Waals surface area (Å²) in [6, 6.07) is 2.19. The predicted octanol–water partition coefficient (Wildman–Crippen LogP) is 3.02. The van der Waals surface area contributed by atoms with E-state index in [0.717, 1.165) is 22.7 Å². The van der Waals surface area contributed by atoms with Crippen molar-refractivity contribution in [2.75, 3.05) is 7.11 Å². The predicted molar refractivity (Wildman–Crippen MR) is 80.4 cm³/mol. The minimum atomic E-state index is -0.686. The molecule has 0 unspecified atom stereocenters. The zero-order valence-electron chi connectivity index (χ0n) is 11.6. The largest absolute Gasteiger partial charge is 0.481 e. The number of pyridine rings is 1. The lowest BCUT2D eigenvalue weighted by Gasteiger charge is -2.26. The molecule has 0 radical (unpaired) electrons. The van der Waals surface area contributed by atoms with Gasteiger partial charge in [0.05, 0.1) is 23.5 Å². The lowest BCUT2D eigenvalue weighted by Crippen LogP contribution is -2.23. The van der Waals surface area contributed by atoms with Crippen LogP contribution in [0.25, 0.3) is 11.0 Å². The standard InChI is InChI=1S/C14H16BrN3O3/c1-21-13-11(15)6-9-7-18(17-12(9)16-13)10-4-2-8(3-5-10)14(19)20/h6-8,10H,2-5H2,1H3,(H,19,20). The van der Waals surface area contributed by atoms with Gasteiger partial charge in [-0.3, -0.25) is 9.48 Å². The van der Waals surface area contributed by atoms with Gasteiger partial charge >= 0.3 is 5.97 Å². The minimum absolute atomic E-state index is 0.210. The third-order valence-corrected chi connectivity index (χ3v) is 4.62. The van der Waals surface area contributed by atoms with E-state index in [9.17, 15) is 4.79 Å². The quantitative estimate of drug-likeness (QED) is 0.917. The number of rotatable bonds is 3. The first-order chi connectivity index (χ1) is 10.1. The van der Waals surface area contributed by atoms with Gasteiger partial charge in [-0.1, -0.05) is 0 Å². The minimum Gasteiger partial charge on any atom is -0.481 e. The first-order valence-corrected chi connectivity index (χ1v) is 7.70. The van der Waals surface area contributed by atoms with Crippen molar-refractivity contribution in [3.05, 3.63) is 16.7 Å². The fourth-order valence-electron chi connectivity index (χ4n) is 2.85. The number of methoxy groups -OCH3 is 1. The second kappa shape index (κ2) is 5.63. The molecule has 3 rings (SSSR count). The first-order valence-electron chi connectivity index (χ1n) is 6.90. The smallest absolute Gasteiger partial charge is 0.306 e. The molecule has 1 N–H and O–H groups in total. The zero-order chi connectivity index (χ0) is 15.0. The van der Waals surface area contributed by atoms with Crippen molar-refractivity contribution >= 4 is 32.9 Å². The summed E-state index contributed by atoms with van der Waals surface area (Å²) in [6.07, 6.45) is 5.05. The van der Waals surface area contributed by atoms with E-state index in [1.807, 2.05) is 16.9 Å². The lowest BCUT2D eigenvalue weighted by molar-refractivity contribution is -0.143. The maximum absolute atomic E-state index is 11.0. The summed E-state index contributed by atoms with van der Waals surface area (Å²) >= 11 is 3.42. The number of nitrogens with zero attached hydrogens (tertiary/aromatic N) is 3. The van der Waals surface area contributed by atoms with Gasteiger partial charge in [0.2, 0.25) is 5.88 Å². The molecule has 2 heterocycles. The Morgan fingerprint density at radius 3 is 2.76 bits per heavy atom. The SMILES string of the molecule is COc1nc2nn(C3CCC(C(=O)O)CC3)cc2cc1Br. The maximum Gasteiger partial charge on any atom is 0.306 e. The van der Waals surface area contributed by atoms with E-state index >= 15 is 0 Å². The number of hydrogen-bond donors (Lipinski definition) is 1. The van der Waals surface area contributed by atoms with Crippen LogP contribution in [0, 0.1) is 5.92 Å². The van der Waals surface area contributed by atoms with E-state index in [2.05, 4.69) is 26.0 Å². The third kappa shape index (κ3) is 2.74. The van der Waals surface area contributed by atoms with Crippen LogP contribution < -0.4 is 4.74 Å². The number of fused-ring (bicyclic) bond motifs is 1. The van der Waals surface area contributed by atoms with Gasteiger partial charge in [-0.25, -0.2) is 0 Å². The number of aliphatic carboxylic acids is 1. The Hall–Kier alpha value is -1.63. The van der Waals surface area contributed by atoms with Gasteiger partial charge in [0.15, 0.2) is 5.65 Å². The van der Waals surface area contributed by atoms with Gasteiger partial charge < -0.3 is 9.84 Å². The van der Waals surface area contributed by atoms with Gasteiger partial charge in [0, 0.05) is 11.6 Å². The fraction of sp³-hybridized carbons (Fsp3) is 0.500. The molecule has 0 amide bonds. The number of hydrogen-bond acceptors (Lipinski definition) is 4. The van der Waals surface area contributed by atoms with Crippen molar-refractivity contribution in [2.24, 2.45) is 5.92 Å². The molecule has 6 nitrogen and oxygen atoms in total. The van der Waals surface area contributed by atoms with Crippen LogP contribution in [0.3, 0.4) is 0 Å². The average Bonchev–Trinajstić information content (AvgIpc) is 2.89. The lowest BCUT2D eigenvalue weighted by atomic mass is 9.86. The third-order valence-electron chi connectivity index (χ3n) is 4.05. The molecule has 0 aromatic carbocycles. The molecule has 1 aliphatic rings. The molecule has 0 bridgehead atoms. The zero-order valence-corrected chi connectivity index (χ0v) is 13.2. The Morgan fingerprint density at radius 2 is 2.14 bits per heavy atom. The second-order valence-corrected chi connectivity index (χ2v) is 6.20. The average molecular weight is 354 g/mol. The van der Waals surface area contributed by atoms with Crippen molar-refractivity contribution in [2.45, 2.75) is 31.7 Å². The molecular weight excluding hydrogens is 338 g/mol. The van der Waals surface area contributed by atoms with Crippen molar-refractivity contribution < 1.29 is 14.6 Å². The van der Waals surface area contributed by atoms with Crippen LogP contribution >= 0.6 is 15.9 Å². The summed E-state index contributed by atoms with van der Waals surface area (Å²) in [6.45, 7) is 0. The van der Waals surface area contributed by atoms with Crippen LogP contribution in [-0.2, 0) is 4.79 Å². The van der Waals surface area contributed by atoms with Crippen LogP contribution in [0.15, 0.2) is 16.7 Å². The van der Waals surface area contributed by atoms with Gasteiger partial charge in [-0.2, -0.15) is 10.1 Å². The van der Waals surface area contributed by atoms with Crippen LogP contribution in [0.4, 0.5) is 0 Å². The molecule has 1 aliphatic carbocycles. The molecule has 2 aromatic heterocycles. The molecule has 112 valence electrons. The number of ether oxygens (including phenoxy) is 1. The number of carboxylic acid groups (broad SMARTS) is 1. The van der Waals surface area contributed by atoms with E-state index < -0.39 is 5.97 Å². The fourth-order valence-corrected chi connectivity index (χ4v) is 3.35. The van der Waals surface area contributed by atoms with Crippen molar-refractivity contribution in [3.63, 3.8) is 0 Å². The van der Waals surface area contributed by atoms with Gasteiger partial charge in [-0.15, -0.1) is 0 Å². The van der Waals surface area contributed by atoms with E-state index in [0.29, 0.717) is 24.4 Å². The summed E-state index contributed by atoms with van der Waals surface area (Å²) in [5.41, 5.74) is 0.649. The first kappa shape index (κ1) is 14.3. The molecule has 2 aromatic rings. The van der Waals surface area contributed by atoms with Crippen molar-refractivity contribution in [1.29, 1.82) is 0 Å². The Bertz CT molecular complexity index is 677. The van der Waals surface area contributed by atoms with Crippen LogP contribution in [0.1, 0.15) is 31.7 Å². The normalized spacial score (nSPS) is 22.4. The van der Waals surface area contributed by atoms with Crippen molar-refractivity contribution in [3.8, 4) is 5.88 Å². The highest BCUT2D eigenvalue weighted by Crippen LogP contribution is 2.33. The topological polar surface area (TPSA) is 77.2 Å². The highest BCUT2D eigenvalue weighted by atomic mass is 79.9. The van der Waals surface area contributed by atoms with E-state index in [1.165, 1.54) is 0 Å². The molecule has 1 fully saturated rings. The highest BCUT2D eigenvalue weighted by molar-refractivity contribution is 9.10. The maximum atomic E-state index is 11.0. The molecule has 7 heteroatoms. The van der Waals surface area contributed by atoms with E-state index in [4.69, 9.17) is 9.84 Å². The molecule has 21 heavy (non-hydrogen) atoms. The second-order valence-electron chi connectivity index (χ2n) is 5.35. The number of carboxylic acids is 1. The number of carbonyl (C=O) groups is 1. The van der Waals surface area contributed by atoms with Crippen LogP contribution in [0.5, 0.6) is 5.88 Å². The Morgan fingerprint density at radius 1 is 1.43 bits per heavy atom. The van der Waals surface area contributed by atoms with Gasteiger partial charge in [0.1, 0.15) is 0 Å². The van der Waals surface area contributed by atoms with Crippen LogP contribution in [0.2, 0.25) is 0 Å². The summed E-state index contributed by atoms with van der Waals surface area (Å²) < 4.78 is 7.89. The summed E-state index contributed by atoms with van der Waals surface area (Å²) in [5, 5.41) is 14.5. The monoisotopic (exact) mass is 353 g/mol. The van der Waals surface area contributed by atoms with E-state index in [-0.39, 0.29) is 12.0 Å². The van der Waals surface area contributed by atoms with Gasteiger partial charge in [0.25, 0.3) is 0 Å². The molecule has 0 atom stereocenters.